The van der Waals surface area contributed by atoms with E-state index in [4.69, 9.17) is 0 Å². The molecule has 1 N–H and O–H groups in total. The summed E-state index contributed by atoms with van der Waals surface area (Å²) in [6.45, 7) is 18.6. The number of allylic oxidation sites excluding steroid dienone is 1. The lowest BCUT2D eigenvalue weighted by Gasteiger charge is -2.36. The maximum Gasteiger partial charge on any atom is 0.275 e. The topological polar surface area (TPSA) is 64.7 Å². The number of benzene rings is 4. The Morgan fingerprint density at radius 2 is 1.19 bits per heavy atom. The molecule has 4 aliphatic rings. The molecule has 4 bridgehead atoms. The SMILES string of the molecule is C.C.C=CCn1c2c(c(=O)n1-c1cccc3ccccc13)[C@H]1CC[C@]2(C)C1(C)C.CC1(C)[C@@H]2CC[C@@]1(C)c1[nH]n(-c3cccc4ccccc34)c(=O)c12. The van der Waals surface area contributed by atoms with Crippen LogP contribution in [0.4, 0.5) is 0 Å². The van der Waals surface area contributed by atoms with Crippen LogP contribution in [0.15, 0.2) is 107 Å². The molecule has 2 heterocycles. The number of H-pyrrole nitrogens is 1. The third kappa shape index (κ3) is 4.50. The normalized spacial score (nSPS) is 24.9. The van der Waals surface area contributed by atoms with Gasteiger partial charge in [0.2, 0.25) is 0 Å². The number of rotatable bonds is 4. The minimum absolute atomic E-state index is 0. The standard InChI is InChI=1S/C24H26N2O.C21H22N2O.2CH4/c1-5-15-25-21-20(18-13-14-24(21,4)23(18,2)3)22(27)26(25)19-12-8-10-16-9-6-7-11-17(16)19;1-20(2)15-11-12-21(20,3)18-17(15)19(24)23(22-18)16-10-6-8-13-7-4-5-9-14(13)16;;/h5-12,18H,1,13-15H2,2-4H3;4-10,15,22H,11-12H2,1-3H3;2*1H4/t18-,24+;15-,21+;;/m11../s1. The third-order valence-electron chi connectivity index (χ3n) is 14.6. The molecular weight excluding hydrogens is 653 g/mol. The average Bonchev–Trinajstić information content (AvgIpc) is 3.84. The molecule has 0 spiro atoms. The largest absolute Gasteiger partial charge is 0.294 e. The highest BCUT2D eigenvalue weighted by atomic mass is 16.1. The van der Waals surface area contributed by atoms with E-state index in [1.807, 2.05) is 53.2 Å². The average molecular weight is 709 g/mol. The van der Waals surface area contributed by atoms with Crippen LogP contribution in [-0.4, -0.2) is 19.1 Å². The minimum Gasteiger partial charge on any atom is -0.294 e. The molecule has 6 nitrogen and oxygen atoms in total. The van der Waals surface area contributed by atoms with Gasteiger partial charge in [-0.05, 0) is 71.3 Å². The van der Waals surface area contributed by atoms with Gasteiger partial charge in [-0.25, -0.2) is 9.36 Å². The van der Waals surface area contributed by atoms with E-state index in [1.54, 1.807) is 4.68 Å². The lowest BCUT2D eigenvalue weighted by Crippen LogP contribution is -2.36. The predicted molar refractivity (Wildman–Crippen MR) is 221 cm³/mol. The van der Waals surface area contributed by atoms with Crippen molar-refractivity contribution in [2.24, 2.45) is 10.8 Å². The Kier molecular flexibility index (Phi) is 8.33. The van der Waals surface area contributed by atoms with Crippen LogP contribution in [0.5, 0.6) is 0 Å². The zero-order chi connectivity index (χ0) is 35.7. The summed E-state index contributed by atoms with van der Waals surface area (Å²) in [5.74, 6) is 0.717. The van der Waals surface area contributed by atoms with E-state index in [1.165, 1.54) is 11.4 Å². The Morgan fingerprint density at radius 3 is 1.79 bits per heavy atom. The Morgan fingerprint density at radius 1 is 0.679 bits per heavy atom. The molecule has 2 saturated carbocycles. The smallest absolute Gasteiger partial charge is 0.275 e. The molecule has 0 saturated heterocycles. The van der Waals surface area contributed by atoms with Gasteiger partial charge in [0.25, 0.3) is 11.1 Å². The first-order chi connectivity index (χ1) is 24.4. The Balaban J connectivity index is 0.000000159. The first-order valence-electron chi connectivity index (χ1n) is 18.7. The second kappa shape index (κ2) is 12.1. The van der Waals surface area contributed by atoms with Crippen molar-refractivity contribution in [2.45, 2.75) is 111 Å². The number of aromatic nitrogens is 4. The van der Waals surface area contributed by atoms with Crippen molar-refractivity contribution in [3.8, 4) is 11.4 Å². The molecule has 4 aliphatic carbocycles. The molecule has 2 fully saturated rings. The predicted octanol–water partition coefficient (Wildman–Crippen LogP) is 10.9. The Hall–Kier alpha value is -4.84. The maximum atomic E-state index is 13.7. The second-order valence-electron chi connectivity index (χ2n) is 17.1. The summed E-state index contributed by atoms with van der Waals surface area (Å²) in [6, 6.07) is 28.9. The highest BCUT2D eigenvalue weighted by Crippen LogP contribution is 2.68. The van der Waals surface area contributed by atoms with E-state index in [-0.39, 0.29) is 47.6 Å². The first-order valence-corrected chi connectivity index (χ1v) is 18.7. The summed E-state index contributed by atoms with van der Waals surface area (Å²) < 4.78 is 5.90. The van der Waals surface area contributed by atoms with E-state index in [0.717, 1.165) is 69.7 Å². The van der Waals surface area contributed by atoms with Crippen LogP contribution in [0, 0.1) is 10.8 Å². The van der Waals surface area contributed by atoms with E-state index in [0.29, 0.717) is 18.4 Å². The van der Waals surface area contributed by atoms with E-state index in [9.17, 15) is 9.59 Å². The van der Waals surface area contributed by atoms with E-state index in [2.05, 4.69) is 100 Å². The summed E-state index contributed by atoms with van der Waals surface area (Å²) in [4.78, 5) is 27.0. The van der Waals surface area contributed by atoms with Gasteiger partial charge in [0.1, 0.15) is 0 Å². The molecule has 4 aromatic carbocycles. The molecule has 6 heteroatoms. The third-order valence-corrected chi connectivity index (χ3v) is 14.6. The summed E-state index contributed by atoms with van der Waals surface area (Å²) >= 11 is 0. The van der Waals surface area contributed by atoms with Gasteiger partial charge >= 0.3 is 0 Å². The number of hydrogen-bond donors (Lipinski definition) is 1. The molecule has 0 amide bonds. The summed E-state index contributed by atoms with van der Waals surface area (Å²) in [5, 5.41) is 8.04. The van der Waals surface area contributed by atoms with Crippen molar-refractivity contribution in [1.82, 2.24) is 19.1 Å². The van der Waals surface area contributed by atoms with Crippen molar-refractivity contribution in [3.63, 3.8) is 0 Å². The van der Waals surface area contributed by atoms with Crippen molar-refractivity contribution in [3.05, 3.63) is 141 Å². The van der Waals surface area contributed by atoms with Gasteiger partial charge in [0, 0.05) is 38.4 Å². The second-order valence-corrected chi connectivity index (χ2v) is 17.1. The van der Waals surface area contributed by atoms with Gasteiger partial charge in [0.15, 0.2) is 0 Å². The highest BCUT2D eigenvalue weighted by Gasteiger charge is 2.63. The number of aromatic amines is 1. The molecule has 0 aliphatic heterocycles. The number of nitrogens with zero attached hydrogens (tertiary/aromatic N) is 3. The monoisotopic (exact) mass is 708 g/mol. The van der Waals surface area contributed by atoms with Gasteiger partial charge in [0.05, 0.1) is 23.6 Å². The molecular formula is C47H56N4O2. The number of fused-ring (bicyclic) bond motifs is 12. The number of hydrogen-bond acceptors (Lipinski definition) is 2. The fraction of sp³-hybridized carbons (Fsp3) is 0.404. The molecule has 53 heavy (non-hydrogen) atoms. The Labute approximate surface area is 314 Å². The fourth-order valence-electron chi connectivity index (χ4n) is 11.0. The first kappa shape index (κ1) is 36.5. The van der Waals surface area contributed by atoms with Crippen molar-refractivity contribution < 1.29 is 0 Å². The van der Waals surface area contributed by atoms with Crippen LogP contribution in [0.3, 0.4) is 0 Å². The number of nitrogens with one attached hydrogen (secondary N) is 1. The van der Waals surface area contributed by atoms with Crippen LogP contribution in [0.1, 0.15) is 116 Å². The van der Waals surface area contributed by atoms with Crippen LogP contribution < -0.4 is 11.1 Å². The fourth-order valence-corrected chi connectivity index (χ4v) is 11.0. The van der Waals surface area contributed by atoms with E-state index >= 15 is 0 Å². The van der Waals surface area contributed by atoms with Gasteiger partial charge in [-0.2, -0.15) is 0 Å². The molecule has 6 aromatic rings. The zero-order valence-electron chi connectivity index (χ0n) is 30.7. The van der Waals surface area contributed by atoms with Gasteiger partial charge in [-0.15, -0.1) is 6.58 Å². The Bertz CT molecular complexity index is 2530. The molecule has 0 radical (unpaired) electrons. The quantitative estimate of drug-likeness (QED) is 0.185. The molecule has 10 rings (SSSR count). The molecule has 276 valence electrons. The molecule has 0 unspecified atom stereocenters. The molecule has 4 atom stereocenters. The van der Waals surface area contributed by atoms with E-state index < -0.39 is 0 Å². The van der Waals surface area contributed by atoms with Crippen LogP contribution in [0.2, 0.25) is 0 Å². The molecule has 2 aromatic heterocycles. The zero-order valence-corrected chi connectivity index (χ0v) is 30.7. The van der Waals surface area contributed by atoms with Crippen molar-refractivity contribution in [2.75, 3.05) is 0 Å². The highest BCUT2D eigenvalue weighted by molar-refractivity contribution is 5.91. The lowest BCUT2D eigenvalue weighted by molar-refractivity contribution is 0.216. The lowest BCUT2D eigenvalue weighted by atomic mass is 9.70. The van der Waals surface area contributed by atoms with Crippen molar-refractivity contribution >= 4 is 21.5 Å². The van der Waals surface area contributed by atoms with Crippen LogP contribution in [-0.2, 0) is 17.4 Å². The van der Waals surface area contributed by atoms with Crippen LogP contribution in [0.25, 0.3) is 32.9 Å². The maximum absolute atomic E-state index is 13.7. The van der Waals surface area contributed by atoms with Gasteiger partial charge < -0.3 is 0 Å². The minimum atomic E-state index is 0. The summed E-state index contributed by atoms with van der Waals surface area (Å²) in [6.07, 6.45) is 6.45. The summed E-state index contributed by atoms with van der Waals surface area (Å²) in [7, 11) is 0. The van der Waals surface area contributed by atoms with Crippen LogP contribution >= 0.6 is 0 Å². The van der Waals surface area contributed by atoms with Gasteiger partial charge in [-0.3, -0.25) is 19.4 Å². The summed E-state index contributed by atoms with van der Waals surface area (Å²) in [5.41, 5.74) is 7.08. The van der Waals surface area contributed by atoms with Crippen molar-refractivity contribution in [1.29, 1.82) is 0 Å². The van der Waals surface area contributed by atoms with Gasteiger partial charge in [-0.1, -0.05) is 135 Å².